The van der Waals surface area contributed by atoms with Crippen LogP contribution in [-0.4, -0.2) is 12.6 Å². The number of fused-ring (bicyclic) bond motifs is 3. The minimum absolute atomic E-state index is 0.0360. The molecule has 0 N–H and O–H groups in total. The number of carbonyl (C=O) groups excluding carboxylic acids is 1. The fraction of sp³-hybridized carbons (Fsp3) is 0.615. The lowest BCUT2D eigenvalue weighted by molar-refractivity contribution is -0.145. The van der Waals surface area contributed by atoms with E-state index in [4.69, 9.17) is 4.74 Å². The predicted molar refractivity (Wildman–Crippen MR) is 57.0 cm³/mol. The lowest BCUT2D eigenvalue weighted by Gasteiger charge is -2.20. The number of carbonyl (C=O) groups is 1. The lowest BCUT2D eigenvalue weighted by Crippen LogP contribution is -2.18. The standard InChI is InChI=1S/C13H16O2/c1-2-15-13(14)12-10-7-8-5-3-4-6-9(8)11(10)12/h3-6,8-12H,2,7H2,1H3/t8?,9?,10-,11+,12-/m1/s1. The molecule has 0 saturated heterocycles. The highest BCUT2D eigenvalue weighted by Crippen LogP contribution is 2.64. The van der Waals surface area contributed by atoms with E-state index in [1.165, 1.54) is 6.42 Å². The molecule has 0 aliphatic heterocycles. The Bertz CT molecular complexity index is 342. The Morgan fingerprint density at radius 1 is 1.40 bits per heavy atom. The summed E-state index contributed by atoms with van der Waals surface area (Å²) in [4.78, 5) is 11.6. The Hall–Kier alpha value is -1.05. The van der Waals surface area contributed by atoms with Crippen molar-refractivity contribution < 1.29 is 9.53 Å². The molecule has 0 spiro atoms. The van der Waals surface area contributed by atoms with E-state index in [1.54, 1.807) is 0 Å². The van der Waals surface area contributed by atoms with Crippen molar-refractivity contribution in [2.75, 3.05) is 6.61 Å². The highest BCUT2D eigenvalue weighted by atomic mass is 16.5. The van der Waals surface area contributed by atoms with Gasteiger partial charge in [-0.15, -0.1) is 0 Å². The van der Waals surface area contributed by atoms with E-state index in [2.05, 4.69) is 24.3 Å². The van der Waals surface area contributed by atoms with Gasteiger partial charge in [-0.1, -0.05) is 24.3 Å². The molecule has 3 aliphatic rings. The van der Waals surface area contributed by atoms with Crippen LogP contribution in [0.25, 0.3) is 0 Å². The van der Waals surface area contributed by atoms with Crippen LogP contribution in [0.15, 0.2) is 24.3 Å². The molecule has 0 radical (unpaired) electrons. The third kappa shape index (κ3) is 1.27. The third-order valence-corrected chi connectivity index (χ3v) is 4.07. The molecular weight excluding hydrogens is 188 g/mol. The second kappa shape index (κ2) is 3.22. The number of hydrogen-bond acceptors (Lipinski definition) is 2. The number of rotatable bonds is 2. The van der Waals surface area contributed by atoms with Crippen LogP contribution in [0.3, 0.4) is 0 Å². The zero-order valence-corrected chi connectivity index (χ0v) is 8.93. The average molecular weight is 204 g/mol. The van der Waals surface area contributed by atoms with Crippen molar-refractivity contribution in [3.05, 3.63) is 24.3 Å². The quantitative estimate of drug-likeness (QED) is 0.644. The normalized spacial score (nSPS) is 44.7. The summed E-state index contributed by atoms with van der Waals surface area (Å²) in [6, 6.07) is 0. The molecule has 0 bridgehead atoms. The van der Waals surface area contributed by atoms with Crippen molar-refractivity contribution in [1.82, 2.24) is 0 Å². The van der Waals surface area contributed by atoms with Gasteiger partial charge < -0.3 is 4.74 Å². The molecule has 0 aromatic carbocycles. The molecule has 2 nitrogen and oxygen atoms in total. The van der Waals surface area contributed by atoms with Crippen LogP contribution in [0.5, 0.6) is 0 Å². The topological polar surface area (TPSA) is 26.3 Å². The molecule has 0 amide bonds. The zero-order chi connectivity index (χ0) is 10.4. The molecule has 0 aromatic heterocycles. The summed E-state index contributed by atoms with van der Waals surface area (Å²) in [6.45, 7) is 2.39. The van der Waals surface area contributed by atoms with Crippen LogP contribution in [0.2, 0.25) is 0 Å². The highest BCUT2D eigenvalue weighted by Gasteiger charge is 2.64. The molecule has 0 heterocycles. The summed E-state index contributed by atoms with van der Waals surface area (Å²) in [5, 5.41) is 0. The number of allylic oxidation sites excluding steroid dienone is 4. The number of esters is 1. The van der Waals surface area contributed by atoms with Crippen LogP contribution in [0.1, 0.15) is 13.3 Å². The van der Waals surface area contributed by atoms with Crippen LogP contribution in [-0.2, 0) is 9.53 Å². The molecule has 2 heteroatoms. The molecule has 0 aromatic rings. The first-order valence-corrected chi connectivity index (χ1v) is 5.84. The van der Waals surface area contributed by atoms with Crippen molar-refractivity contribution >= 4 is 5.97 Å². The Balaban J connectivity index is 1.70. The average Bonchev–Trinajstić information content (AvgIpc) is 2.83. The first-order valence-electron chi connectivity index (χ1n) is 5.84. The van der Waals surface area contributed by atoms with E-state index in [-0.39, 0.29) is 11.9 Å². The van der Waals surface area contributed by atoms with Gasteiger partial charge in [0.15, 0.2) is 0 Å². The van der Waals surface area contributed by atoms with Gasteiger partial charge in [0.05, 0.1) is 12.5 Å². The molecule has 80 valence electrons. The molecule has 3 rings (SSSR count). The van der Waals surface area contributed by atoms with Gasteiger partial charge in [0.2, 0.25) is 0 Å². The van der Waals surface area contributed by atoms with Crippen LogP contribution < -0.4 is 0 Å². The van der Waals surface area contributed by atoms with Gasteiger partial charge in [0.25, 0.3) is 0 Å². The second-order valence-electron chi connectivity index (χ2n) is 4.77. The van der Waals surface area contributed by atoms with E-state index in [9.17, 15) is 4.79 Å². The molecule has 3 aliphatic carbocycles. The smallest absolute Gasteiger partial charge is 0.309 e. The van der Waals surface area contributed by atoms with Gasteiger partial charge in [-0.05, 0) is 37.0 Å². The van der Waals surface area contributed by atoms with Gasteiger partial charge in [-0.25, -0.2) is 0 Å². The van der Waals surface area contributed by atoms with Gasteiger partial charge in [-0.3, -0.25) is 4.79 Å². The first-order chi connectivity index (χ1) is 7.33. The summed E-state index contributed by atoms with van der Waals surface area (Å²) in [5.74, 6) is 2.73. The fourth-order valence-electron chi connectivity index (χ4n) is 3.43. The summed E-state index contributed by atoms with van der Waals surface area (Å²) in [5.41, 5.74) is 0. The van der Waals surface area contributed by atoms with Crippen molar-refractivity contribution in [2.24, 2.45) is 29.6 Å². The van der Waals surface area contributed by atoms with E-state index < -0.39 is 0 Å². The molecule has 2 unspecified atom stereocenters. The Morgan fingerprint density at radius 3 is 3.00 bits per heavy atom. The Morgan fingerprint density at radius 2 is 2.20 bits per heavy atom. The number of ether oxygens (including phenoxy) is 1. The summed E-state index contributed by atoms with van der Waals surface area (Å²) >= 11 is 0. The van der Waals surface area contributed by atoms with Gasteiger partial charge in [0.1, 0.15) is 0 Å². The van der Waals surface area contributed by atoms with E-state index in [1.807, 2.05) is 6.92 Å². The summed E-state index contributed by atoms with van der Waals surface area (Å²) < 4.78 is 5.10. The van der Waals surface area contributed by atoms with Crippen LogP contribution >= 0.6 is 0 Å². The maximum absolute atomic E-state index is 11.6. The molecule has 5 atom stereocenters. The number of hydrogen-bond donors (Lipinski definition) is 0. The van der Waals surface area contributed by atoms with Gasteiger partial charge in [-0.2, -0.15) is 0 Å². The van der Waals surface area contributed by atoms with Gasteiger partial charge in [0, 0.05) is 0 Å². The minimum atomic E-state index is 0.0360. The molecule has 2 fully saturated rings. The first kappa shape index (κ1) is 9.20. The van der Waals surface area contributed by atoms with Crippen molar-refractivity contribution in [3.8, 4) is 0 Å². The lowest BCUT2D eigenvalue weighted by atomic mass is 9.85. The van der Waals surface area contributed by atoms with Gasteiger partial charge >= 0.3 is 5.97 Å². The maximum atomic E-state index is 11.6. The van der Waals surface area contributed by atoms with E-state index in [0.29, 0.717) is 30.3 Å². The monoisotopic (exact) mass is 204 g/mol. The van der Waals surface area contributed by atoms with Crippen molar-refractivity contribution in [1.29, 1.82) is 0 Å². The summed E-state index contributed by atoms with van der Waals surface area (Å²) in [7, 11) is 0. The summed E-state index contributed by atoms with van der Waals surface area (Å²) in [6.07, 6.45) is 9.99. The fourth-order valence-corrected chi connectivity index (χ4v) is 3.43. The van der Waals surface area contributed by atoms with Crippen LogP contribution in [0.4, 0.5) is 0 Å². The minimum Gasteiger partial charge on any atom is -0.466 e. The Kier molecular flexibility index (Phi) is 1.98. The second-order valence-corrected chi connectivity index (χ2v) is 4.77. The maximum Gasteiger partial charge on any atom is 0.309 e. The third-order valence-electron chi connectivity index (χ3n) is 4.07. The largest absolute Gasteiger partial charge is 0.466 e. The van der Waals surface area contributed by atoms with Crippen molar-refractivity contribution in [2.45, 2.75) is 13.3 Å². The molecule has 2 saturated carbocycles. The molecular formula is C13H16O2. The van der Waals surface area contributed by atoms with Crippen molar-refractivity contribution in [3.63, 3.8) is 0 Å². The SMILES string of the molecule is CCOC(=O)[C@@H]1[C@@H]2CC3C=CC=CC3[C@@H]21. The highest BCUT2D eigenvalue weighted by molar-refractivity contribution is 5.77. The van der Waals surface area contributed by atoms with E-state index in [0.717, 1.165) is 0 Å². The predicted octanol–water partition coefficient (Wildman–Crippen LogP) is 2.17. The van der Waals surface area contributed by atoms with Crippen LogP contribution in [0, 0.1) is 29.6 Å². The Labute approximate surface area is 90.0 Å². The zero-order valence-electron chi connectivity index (χ0n) is 8.93. The van der Waals surface area contributed by atoms with E-state index >= 15 is 0 Å². The molecule has 15 heavy (non-hydrogen) atoms.